The van der Waals surface area contributed by atoms with Gasteiger partial charge in [0.15, 0.2) is 0 Å². The predicted molar refractivity (Wildman–Crippen MR) is 58.4 cm³/mol. The van der Waals surface area contributed by atoms with Gasteiger partial charge in [-0.2, -0.15) is 0 Å². The zero-order chi connectivity index (χ0) is 12.4. The smallest absolute Gasteiger partial charge is 0.274 e. The highest BCUT2D eigenvalue weighted by Gasteiger charge is 2.31. The molecule has 1 fully saturated rings. The lowest BCUT2D eigenvalue weighted by molar-refractivity contribution is -0.384. The molecule has 1 aliphatic heterocycles. The second kappa shape index (κ2) is 4.46. The van der Waals surface area contributed by atoms with Gasteiger partial charge in [0.05, 0.1) is 11.0 Å². The van der Waals surface area contributed by atoms with Gasteiger partial charge in [-0.1, -0.05) is 0 Å². The number of nitrogens with zero attached hydrogens (tertiary/aromatic N) is 3. The number of aromatic nitrogens is 1. The van der Waals surface area contributed by atoms with E-state index in [0.29, 0.717) is 6.54 Å². The van der Waals surface area contributed by atoms with Crippen molar-refractivity contribution < 1.29 is 14.8 Å². The minimum Gasteiger partial charge on any atom is -0.396 e. The number of nitro groups is 1. The van der Waals surface area contributed by atoms with Crippen molar-refractivity contribution in [2.24, 2.45) is 5.92 Å². The molecule has 0 saturated carbocycles. The second-order valence-electron chi connectivity index (χ2n) is 3.89. The highest BCUT2D eigenvalue weighted by Crippen LogP contribution is 2.25. The predicted octanol–water partition coefficient (Wildman–Crippen LogP) is 0.335. The van der Waals surface area contributed by atoms with Gasteiger partial charge in [-0.25, -0.2) is 4.98 Å². The summed E-state index contributed by atoms with van der Waals surface area (Å²) in [6, 6.07) is 2.53. The van der Waals surface area contributed by atoms with E-state index in [-0.39, 0.29) is 36.4 Å². The van der Waals surface area contributed by atoms with E-state index >= 15 is 0 Å². The number of pyridine rings is 1. The number of carbonyl (C=O) groups is 1. The molecule has 7 nitrogen and oxygen atoms in total. The summed E-state index contributed by atoms with van der Waals surface area (Å²) in [6.45, 7) is 0.278. The third-order valence-electron chi connectivity index (χ3n) is 2.68. The highest BCUT2D eigenvalue weighted by atomic mass is 16.6. The van der Waals surface area contributed by atoms with Gasteiger partial charge in [0.1, 0.15) is 5.82 Å². The minimum atomic E-state index is -0.532. The van der Waals surface area contributed by atoms with Crippen LogP contribution in [0.15, 0.2) is 18.3 Å². The van der Waals surface area contributed by atoms with E-state index in [0.717, 1.165) is 0 Å². The second-order valence-corrected chi connectivity index (χ2v) is 3.89. The molecule has 1 aromatic heterocycles. The van der Waals surface area contributed by atoms with Crippen molar-refractivity contribution in [3.8, 4) is 0 Å². The molecular formula is C10H11N3O4. The summed E-state index contributed by atoms with van der Waals surface area (Å²) in [5.74, 6) is -0.0271. The zero-order valence-electron chi connectivity index (χ0n) is 8.94. The van der Waals surface area contributed by atoms with Crippen LogP contribution >= 0.6 is 0 Å². The van der Waals surface area contributed by atoms with Crippen LogP contribution in [0, 0.1) is 16.0 Å². The lowest BCUT2D eigenvalue weighted by Gasteiger charge is -2.14. The van der Waals surface area contributed by atoms with E-state index in [1.165, 1.54) is 23.2 Å². The van der Waals surface area contributed by atoms with Crippen molar-refractivity contribution in [2.45, 2.75) is 6.42 Å². The Balaban J connectivity index is 2.25. The number of hydrogen-bond acceptors (Lipinski definition) is 5. The number of aliphatic hydroxyl groups excluding tert-OH is 1. The molecule has 1 aliphatic rings. The maximum atomic E-state index is 11.6. The van der Waals surface area contributed by atoms with Gasteiger partial charge >= 0.3 is 0 Å². The Labute approximate surface area is 96.8 Å². The van der Waals surface area contributed by atoms with E-state index < -0.39 is 4.92 Å². The summed E-state index contributed by atoms with van der Waals surface area (Å²) < 4.78 is 0. The fraction of sp³-hybridized carbons (Fsp3) is 0.400. The molecule has 1 N–H and O–H groups in total. The van der Waals surface area contributed by atoms with Crippen molar-refractivity contribution in [2.75, 3.05) is 18.1 Å². The van der Waals surface area contributed by atoms with Gasteiger partial charge in [-0.05, 0) is 0 Å². The van der Waals surface area contributed by atoms with Gasteiger partial charge in [0.2, 0.25) is 5.91 Å². The Morgan fingerprint density at radius 1 is 1.65 bits per heavy atom. The first kappa shape index (κ1) is 11.5. The van der Waals surface area contributed by atoms with Crippen LogP contribution in [-0.2, 0) is 4.79 Å². The Hall–Kier alpha value is -2.02. The average Bonchev–Trinajstić information content (AvgIpc) is 2.71. The fourth-order valence-corrected chi connectivity index (χ4v) is 1.79. The summed E-state index contributed by atoms with van der Waals surface area (Å²) in [7, 11) is 0. The summed E-state index contributed by atoms with van der Waals surface area (Å²) in [5.41, 5.74) is -0.102. The SMILES string of the molecule is O=C1CC(CO)CN1c1cc([N+](=O)[O-])ccn1. The molecule has 90 valence electrons. The quantitative estimate of drug-likeness (QED) is 0.603. The number of anilines is 1. The Bertz CT molecular complexity index is 463. The molecule has 0 aliphatic carbocycles. The van der Waals surface area contributed by atoms with Gasteiger partial charge in [0, 0.05) is 37.8 Å². The van der Waals surface area contributed by atoms with Crippen LogP contribution < -0.4 is 4.90 Å². The van der Waals surface area contributed by atoms with Crippen molar-refractivity contribution in [3.63, 3.8) is 0 Å². The van der Waals surface area contributed by atoms with Crippen LogP contribution in [-0.4, -0.2) is 34.1 Å². The Morgan fingerprint density at radius 2 is 2.41 bits per heavy atom. The van der Waals surface area contributed by atoms with Gasteiger partial charge in [-0.15, -0.1) is 0 Å². The number of rotatable bonds is 3. The highest BCUT2D eigenvalue weighted by molar-refractivity contribution is 5.95. The van der Waals surface area contributed by atoms with Crippen molar-refractivity contribution in [1.82, 2.24) is 4.98 Å². The first-order chi connectivity index (χ1) is 8.11. The summed E-state index contributed by atoms with van der Waals surface area (Å²) in [5, 5.41) is 19.6. The van der Waals surface area contributed by atoms with E-state index in [1.807, 2.05) is 0 Å². The van der Waals surface area contributed by atoms with Gasteiger partial charge < -0.3 is 5.11 Å². The molecule has 0 radical (unpaired) electrons. The van der Waals surface area contributed by atoms with Crippen molar-refractivity contribution >= 4 is 17.4 Å². The molecule has 1 amide bonds. The molecule has 17 heavy (non-hydrogen) atoms. The fourth-order valence-electron chi connectivity index (χ4n) is 1.79. The minimum absolute atomic E-state index is 0.0723. The lowest BCUT2D eigenvalue weighted by Crippen LogP contribution is -2.25. The van der Waals surface area contributed by atoms with Crippen LogP contribution in [0.5, 0.6) is 0 Å². The Kier molecular flexibility index (Phi) is 3.01. The van der Waals surface area contributed by atoms with Crippen LogP contribution in [0.2, 0.25) is 0 Å². The van der Waals surface area contributed by atoms with E-state index in [4.69, 9.17) is 5.11 Å². The number of aliphatic hydroxyl groups is 1. The van der Waals surface area contributed by atoms with Crippen LogP contribution in [0.25, 0.3) is 0 Å². The molecule has 1 unspecified atom stereocenters. The largest absolute Gasteiger partial charge is 0.396 e. The molecule has 0 spiro atoms. The molecule has 2 heterocycles. The average molecular weight is 237 g/mol. The monoisotopic (exact) mass is 237 g/mol. The number of amides is 1. The van der Waals surface area contributed by atoms with Gasteiger partial charge in [-0.3, -0.25) is 19.8 Å². The van der Waals surface area contributed by atoms with Crippen LogP contribution in [0.1, 0.15) is 6.42 Å². The van der Waals surface area contributed by atoms with Crippen LogP contribution in [0.4, 0.5) is 11.5 Å². The molecular weight excluding hydrogens is 226 g/mol. The summed E-state index contributed by atoms with van der Waals surface area (Å²) >= 11 is 0. The molecule has 1 atom stereocenters. The van der Waals surface area contributed by atoms with Crippen molar-refractivity contribution in [3.05, 3.63) is 28.4 Å². The molecule has 1 saturated heterocycles. The lowest BCUT2D eigenvalue weighted by atomic mass is 10.1. The molecule has 7 heteroatoms. The third-order valence-corrected chi connectivity index (χ3v) is 2.68. The first-order valence-electron chi connectivity index (χ1n) is 5.13. The third kappa shape index (κ3) is 2.23. The topological polar surface area (TPSA) is 96.6 Å². The van der Waals surface area contributed by atoms with E-state index in [9.17, 15) is 14.9 Å². The maximum Gasteiger partial charge on any atom is 0.274 e. The van der Waals surface area contributed by atoms with Crippen LogP contribution in [0.3, 0.4) is 0 Å². The summed E-state index contributed by atoms with van der Waals surface area (Å²) in [4.78, 5) is 27.0. The zero-order valence-corrected chi connectivity index (χ0v) is 8.94. The molecule has 2 rings (SSSR count). The van der Waals surface area contributed by atoms with E-state index in [1.54, 1.807) is 0 Å². The summed E-state index contributed by atoms with van der Waals surface area (Å²) in [6.07, 6.45) is 1.55. The molecule has 1 aromatic rings. The van der Waals surface area contributed by atoms with Crippen molar-refractivity contribution in [1.29, 1.82) is 0 Å². The Morgan fingerprint density at radius 3 is 3.00 bits per heavy atom. The molecule has 0 bridgehead atoms. The number of hydrogen-bond donors (Lipinski definition) is 1. The standard InChI is InChI=1S/C10H11N3O4/c14-6-7-3-10(15)12(5-7)9-4-8(13(16)17)1-2-11-9/h1-2,4,7,14H,3,5-6H2. The molecule has 0 aromatic carbocycles. The number of carbonyl (C=O) groups excluding carboxylic acids is 1. The maximum absolute atomic E-state index is 11.6. The van der Waals surface area contributed by atoms with E-state index in [2.05, 4.69) is 4.98 Å². The normalized spacial score (nSPS) is 19.7. The van der Waals surface area contributed by atoms with Gasteiger partial charge in [0.25, 0.3) is 5.69 Å². The first-order valence-corrected chi connectivity index (χ1v) is 5.13.